The van der Waals surface area contributed by atoms with E-state index in [9.17, 15) is 4.79 Å². The van der Waals surface area contributed by atoms with Gasteiger partial charge >= 0.3 is 0 Å². The number of carbonyl (C=O) groups is 1. The predicted molar refractivity (Wildman–Crippen MR) is 78.0 cm³/mol. The number of nitrogens with two attached hydrogens (primary N) is 1. The minimum Gasteiger partial charge on any atom is -0.370 e. The third-order valence-corrected chi connectivity index (χ3v) is 1.79. The Labute approximate surface area is 115 Å². The molecule has 5 nitrogen and oxygen atoms in total. The highest BCUT2D eigenvalue weighted by Crippen LogP contribution is 1.95. The lowest BCUT2D eigenvalue weighted by atomic mass is 10.1. The van der Waals surface area contributed by atoms with E-state index >= 15 is 0 Å². The van der Waals surface area contributed by atoms with Crippen molar-refractivity contribution in [2.45, 2.75) is 27.2 Å². The standard InChI is InChI=1S/C10H22N4O.HI/c1-4-12-9(15)7-14-10(11)13-6-5-8(2)3;/h8H,4-7H2,1-3H3,(H,12,15)(H3,11,13,14);1H. The first-order valence-corrected chi connectivity index (χ1v) is 5.36. The molecule has 0 fully saturated rings. The van der Waals surface area contributed by atoms with E-state index in [0.717, 1.165) is 13.0 Å². The summed E-state index contributed by atoms with van der Waals surface area (Å²) < 4.78 is 0. The average molecular weight is 342 g/mol. The van der Waals surface area contributed by atoms with Crippen LogP contribution in [0.5, 0.6) is 0 Å². The molecule has 0 saturated carbocycles. The van der Waals surface area contributed by atoms with Crippen LogP contribution in [0.15, 0.2) is 4.99 Å². The number of nitrogens with one attached hydrogen (secondary N) is 2. The molecule has 0 aliphatic rings. The summed E-state index contributed by atoms with van der Waals surface area (Å²) in [5, 5.41) is 5.61. The molecule has 0 unspecified atom stereocenters. The Kier molecular flexibility index (Phi) is 12.2. The first kappa shape index (κ1) is 17.9. The molecule has 1 amide bonds. The van der Waals surface area contributed by atoms with Gasteiger partial charge in [-0.1, -0.05) is 13.8 Å². The molecule has 0 aromatic rings. The fourth-order valence-corrected chi connectivity index (χ4v) is 0.955. The Morgan fingerprint density at radius 1 is 1.38 bits per heavy atom. The molecule has 0 saturated heterocycles. The Morgan fingerprint density at radius 3 is 2.50 bits per heavy atom. The van der Waals surface area contributed by atoms with Gasteiger partial charge in [0.25, 0.3) is 0 Å². The van der Waals surface area contributed by atoms with Crippen LogP contribution in [0.1, 0.15) is 27.2 Å². The first-order chi connectivity index (χ1) is 7.06. The number of aliphatic imine (C=N–C) groups is 1. The molecular weight excluding hydrogens is 319 g/mol. The maximum Gasteiger partial charge on any atom is 0.241 e. The van der Waals surface area contributed by atoms with Gasteiger partial charge in [-0.15, -0.1) is 24.0 Å². The molecule has 0 aromatic carbocycles. The van der Waals surface area contributed by atoms with Crippen LogP contribution in [-0.4, -0.2) is 31.5 Å². The fraction of sp³-hybridized carbons (Fsp3) is 0.800. The molecule has 0 bridgehead atoms. The number of halogens is 1. The van der Waals surface area contributed by atoms with Crippen molar-refractivity contribution < 1.29 is 4.79 Å². The summed E-state index contributed by atoms with van der Waals surface area (Å²) in [6, 6.07) is 0. The fourth-order valence-electron chi connectivity index (χ4n) is 0.955. The Hall–Kier alpha value is -0.530. The molecule has 0 heterocycles. The van der Waals surface area contributed by atoms with Crippen LogP contribution in [0.25, 0.3) is 0 Å². The third-order valence-electron chi connectivity index (χ3n) is 1.79. The molecule has 0 rings (SSSR count). The summed E-state index contributed by atoms with van der Waals surface area (Å²) in [5.74, 6) is 0.863. The minimum absolute atomic E-state index is 0. The van der Waals surface area contributed by atoms with E-state index in [-0.39, 0.29) is 36.4 Å². The lowest BCUT2D eigenvalue weighted by molar-refractivity contribution is -0.119. The molecule has 0 aromatic heterocycles. The molecule has 16 heavy (non-hydrogen) atoms. The highest BCUT2D eigenvalue weighted by Gasteiger charge is 1.98. The zero-order chi connectivity index (χ0) is 11.7. The number of carbonyl (C=O) groups excluding carboxylic acids is 1. The van der Waals surface area contributed by atoms with Gasteiger partial charge in [0.1, 0.15) is 6.54 Å². The molecule has 0 spiro atoms. The lowest BCUT2D eigenvalue weighted by Gasteiger charge is -2.07. The van der Waals surface area contributed by atoms with E-state index in [1.54, 1.807) is 0 Å². The number of amides is 1. The van der Waals surface area contributed by atoms with Crippen molar-refractivity contribution in [3.05, 3.63) is 0 Å². The Morgan fingerprint density at radius 2 is 2.00 bits per heavy atom. The summed E-state index contributed by atoms with van der Waals surface area (Å²) in [6.45, 7) is 7.66. The number of guanidine groups is 1. The molecular formula is C10H23IN4O. The zero-order valence-electron chi connectivity index (χ0n) is 10.2. The number of hydrogen-bond acceptors (Lipinski definition) is 2. The predicted octanol–water partition coefficient (Wildman–Crippen LogP) is 0.691. The highest BCUT2D eigenvalue weighted by molar-refractivity contribution is 14.0. The normalized spacial score (nSPS) is 10.9. The third kappa shape index (κ3) is 11.5. The van der Waals surface area contributed by atoms with Crippen LogP contribution in [0, 0.1) is 5.92 Å². The summed E-state index contributed by atoms with van der Waals surface area (Å²) in [5.41, 5.74) is 5.56. The first-order valence-electron chi connectivity index (χ1n) is 5.36. The second-order valence-electron chi connectivity index (χ2n) is 3.76. The minimum atomic E-state index is -0.105. The molecule has 6 heteroatoms. The topological polar surface area (TPSA) is 79.5 Å². The van der Waals surface area contributed by atoms with Crippen LogP contribution in [0.4, 0.5) is 0 Å². The van der Waals surface area contributed by atoms with E-state index < -0.39 is 0 Å². The van der Waals surface area contributed by atoms with Gasteiger partial charge in [-0.3, -0.25) is 4.79 Å². The van der Waals surface area contributed by atoms with Gasteiger partial charge in [0.15, 0.2) is 5.96 Å². The molecule has 0 atom stereocenters. The number of nitrogens with zero attached hydrogens (tertiary/aromatic N) is 1. The highest BCUT2D eigenvalue weighted by atomic mass is 127. The maximum atomic E-state index is 11.0. The largest absolute Gasteiger partial charge is 0.370 e. The van der Waals surface area contributed by atoms with Gasteiger partial charge in [0.05, 0.1) is 0 Å². The monoisotopic (exact) mass is 342 g/mol. The second-order valence-corrected chi connectivity index (χ2v) is 3.76. The number of rotatable bonds is 6. The van der Waals surface area contributed by atoms with Gasteiger partial charge in [-0.2, -0.15) is 0 Å². The van der Waals surface area contributed by atoms with E-state index in [4.69, 9.17) is 5.73 Å². The van der Waals surface area contributed by atoms with Crippen molar-refractivity contribution in [2.24, 2.45) is 16.6 Å². The van der Waals surface area contributed by atoms with E-state index in [1.807, 2.05) is 6.92 Å². The lowest BCUT2D eigenvalue weighted by Crippen LogP contribution is -2.34. The molecule has 0 aliphatic heterocycles. The van der Waals surface area contributed by atoms with Gasteiger partial charge in [0, 0.05) is 13.1 Å². The van der Waals surface area contributed by atoms with Crippen molar-refractivity contribution in [3.8, 4) is 0 Å². The van der Waals surface area contributed by atoms with Crippen molar-refractivity contribution in [1.82, 2.24) is 10.6 Å². The summed E-state index contributed by atoms with van der Waals surface area (Å²) in [7, 11) is 0. The van der Waals surface area contributed by atoms with Gasteiger partial charge in [-0.05, 0) is 19.3 Å². The van der Waals surface area contributed by atoms with Crippen LogP contribution in [0.2, 0.25) is 0 Å². The number of hydrogen-bond donors (Lipinski definition) is 3. The van der Waals surface area contributed by atoms with E-state index in [2.05, 4.69) is 29.5 Å². The van der Waals surface area contributed by atoms with Crippen LogP contribution in [0.3, 0.4) is 0 Å². The average Bonchev–Trinajstić information content (AvgIpc) is 2.14. The summed E-state index contributed by atoms with van der Waals surface area (Å²) in [6.07, 6.45) is 1.04. The van der Waals surface area contributed by atoms with Crippen molar-refractivity contribution in [2.75, 3.05) is 19.6 Å². The summed E-state index contributed by atoms with van der Waals surface area (Å²) >= 11 is 0. The van der Waals surface area contributed by atoms with Crippen molar-refractivity contribution in [1.29, 1.82) is 0 Å². The van der Waals surface area contributed by atoms with E-state index in [0.29, 0.717) is 18.4 Å². The Balaban J connectivity index is 0. The quantitative estimate of drug-likeness (QED) is 0.378. The molecule has 0 aliphatic carbocycles. The smallest absolute Gasteiger partial charge is 0.241 e. The summed E-state index contributed by atoms with van der Waals surface area (Å²) in [4.78, 5) is 14.9. The van der Waals surface area contributed by atoms with Crippen LogP contribution in [-0.2, 0) is 4.79 Å². The maximum absolute atomic E-state index is 11.0. The number of likely N-dealkylation sites (N-methyl/N-ethyl adjacent to an activating group) is 1. The van der Waals surface area contributed by atoms with Gasteiger partial charge in [0.2, 0.25) is 5.91 Å². The zero-order valence-corrected chi connectivity index (χ0v) is 12.6. The Bertz CT molecular complexity index is 219. The molecule has 96 valence electrons. The van der Waals surface area contributed by atoms with Crippen LogP contribution < -0.4 is 16.4 Å². The molecule has 0 radical (unpaired) electrons. The second kappa shape index (κ2) is 11.0. The van der Waals surface area contributed by atoms with Crippen molar-refractivity contribution >= 4 is 35.8 Å². The van der Waals surface area contributed by atoms with Crippen LogP contribution >= 0.6 is 24.0 Å². The SMILES string of the molecule is CCNC(=O)CN=C(N)NCCC(C)C.I. The van der Waals surface area contributed by atoms with Gasteiger partial charge in [-0.25, -0.2) is 4.99 Å². The van der Waals surface area contributed by atoms with Gasteiger partial charge < -0.3 is 16.4 Å². The van der Waals surface area contributed by atoms with Crippen molar-refractivity contribution in [3.63, 3.8) is 0 Å². The van der Waals surface area contributed by atoms with E-state index in [1.165, 1.54) is 0 Å². The molecule has 4 N–H and O–H groups in total.